The van der Waals surface area contributed by atoms with Gasteiger partial charge in [-0.3, -0.25) is 0 Å². The van der Waals surface area contributed by atoms with Crippen LogP contribution in [0.15, 0.2) is 72.3 Å². The molecule has 6 nitrogen and oxygen atoms in total. The fraction of sp³-hybridized carbons (Fsp3) is 0.154. The standard InChI is InChI=1S/C26H22Cl2N2O4S/c1-32-21-12-16(9-11-20(21)34-14-17-8-10-18(27)13-19(17)28)24-22(25(31)33-2)23(29-26(35)30-24)15-6-4-3-5-7-15/h3-13,24H,14H2,1-2H3,(H2,29,30,35)/t24-/m1/s1. The van der Waals surface area contributed by atoms with Gasteiger partial charge in [0.25, 0.3) is 0 Å². The highest BCUT2D eigenvalue weighted by molar-refractivity contribution is 7.80. The number of hydrogen-bond donors (Lipinski definition) is 2. The molecule has 1 atom stereocenters. The van der Waals surface area contributed by atoms with Crippen LogP contribution in [0.4, 0.5) is 0 Å². The number of halogens is 2. The third kappa shape index (κ3) is 5.53. The number of thiocarbonyl (C=S) groups is 1. The molecule has 0 aliphatic carbocycles. The average Bonchev–Trinajstić information content (AvgIpc) is 2.87. The first-order valence-corrected chi connectivity index (χ1v) is 11.8. The smallest absolute Gasteiger partial charge is 0.338 e. The van der Waals surface area contributed by atoms with Crippen LogP contribution >= 0.6 is 35.4 Å². The molecule has 4 rings (SSSR count). The van der Waals surface area contributed by atoms with E-state index in [9.17, 15) is 4.79 Å². The zero-order valence-electron chi connectivity index (χ0n) is 18.9. The topological polar surface area (TPSA) is 68.8 Å². The van der Waals surface area contributed by atoms with E-state index in [1.54, 1.807) is 31.4 Å². The molecule has 0 aromatic heterocycles. The van der Waals surface area contributed by atoms with Gasteiger partial charge in [-0.2, -0.15) is 0 Å². The molecule has 180 valence electrons. The van der Waals surface area contributed by atoms with Gasteiger partial charge in [-0.15, -0.1) is 0 Å². The lowest BCUT2D eigenvalue weighted by atomic mass is 9.92. The Kier molecular flexibility index (Phi) is 7.80. The zero-order valence-corrected chi connectivity index (χ0v) is 21.3. The summed E-state index contributed by atoms with van der Waals surface area (Å²) in [4.78, 5) is 12.9. The lowest BCUT2D eigenvalue weighted by Crippen LogP contribution is -2.45. The van der Waals surface area contributed by atoms with Gasteiger partial charge in [-0.25, -0.2) is 4.79 Å². The van der Waals surface area contributed by atoms with Crippen LogP contribution in [0.1, 0.15) is 22.7 Å². The summed E-state index contributed by atoms with van der Waals surface area (Å²) in [5.41, 5.74) is 3.33. The minimum Gasteiger partial charge on any atom is -0.493 e. The Balaban J connectivity index is 1.69. The summed E-state index contributed by atoms with van der Waals surface area (Å²) >= 11 is 17.7. The van der Waals surface area contributed by atoms with Crippen molar-refractivity contribution in [3.8, 4) is 11.5 Å². The molecule has 3 aromatic carbocycles. The number of methoxy groups -OCH3 is 2. The number of benzene rings is 3. The highest BCUT2D eigenvalue weighted by atomic mass is 35.5. The van der Waals surface area contributed by atoms with Gasteiger partial charge in [-0.05, 0) is 47.6 Å². The maximum atomic E-state index is 12.9. The average molecular weight is 529 g/mol. The Labute approximate surface area is 218 Å². The number of nitrogens with one attached hydrogen (secondary N) is 2. The minimum absolute atomic E-state index is 0.229. The summed E-state index contributed by atoms with van der Waals surface area (Å²) < 4.78 is 16.7. The molecule has 1 heterocycles. The van der Waals surface area contributed by atoms with Crippen molar-refractivity contribution in [3.63, 3.8) is 0 Å². The van der Waals surface area contributed by atoms with Crippen LogP contribution in [-0.2, 0) is 16.1 Å². The summed E-state index contributed by atoms with van der Waals surface area (Å²) in [6.07, 6.45) is 0. The van der Waals surface area contributed by atoms with Crippen molar-refractivity contribution in [1.29, 1.82) is 0 Å². The summed E-state index contributed by atoms with van der Waals surface area (Å²) in [7, 11) is 2.90. The third-order valence-electron chi connectivity index (χ3n) is 5.46. The molecule has 3 aromatic rings. The second-order valence-corrected chi connectivity index (χ2v) is 8.86. The van der Waals surface area contributed by atoms with E-state index in [-0.39, 0.29) is 6.61 Å². The summed E-state index contributed by atoms with van der Waals surface area (Å²) in [5, 5.41) is 7.74. The van der Waals surface area contributed by atoms with Gasteiger partial charge in [0.1, 0.15) is 6.61 Å². The van der Waals surface area contributed by atoms with Crippen molar-refractivity contribution in [1.82, 2.24) is 10.6 Å². The largest absolute Gasteiger partial charge is 0.493 e. The predicted octanol–water partition coefficient (Wildman–Crippen LogP) is 5.68. The van der Waals surface area contributed by atoms with Gasteiger partial charge in [0.15, 0.2) is 16.6 Å². The molecular weight excluding hydrogens is 507 g/mol. The van der Waals surface area contributed by atoms with Crippen LogP contribution in [0, 0.1) is 0 Å². The van der Waals surface area contributed by atoms with E-state index in [2.05, 4.69) is 10.6 Å². The molecule has 0 radical (unpaired) electrons. The molecule has 1 aliphatic rings. The Morgan fingerprint density at radius 3 is 2.46 bits per heavy atom. The molecule has 0 saturated heterocycles. The van der Waals surface area contributed by atoms with Gasteiger partial charge >= 0.3 is 5.97 Å². The second kappa shape index (κ2) is 11.0. The first-order chi connectivity index (χ1) is 16.9. The highest BCUT2D eigenvalue weighted by Crippen LogP contribution is 2.37. The molecule has 0 unspecified atom stereocenters. The SMILES string of the molecule is COC(=O)C1=C(c2ccccc2)NC(=S)N[C@@H]1c1ccc(OCc2ccc(Cl)cc2Cl)c(OC)c1. The van der Waals surface area contributed by atoms with Gasteiger partial charge in [0.2, 0.25) is 0 Å². The Bertz CT molecular complexity index is 1300. The Hall–Kier alpha value is -3.26. The monoisotopic (exact) mass is 528 g/mol. The quantitative estimate of drug-likeness (QED) is 0.301. The molecule has 0 fully saturated rings. The normalized spacial score (nSPS) is 15.2. The first kappa shape index (κ1) is 24.9. The lowest BCUT2D eigenvalue weighted by Gasteiger charge is -2.31. The molecule has 9 heteroatoms. The Morgan fingerprint density at radius 1 is 1.00 bits per heavy atom. The number of ether oxygens (including phenoxy) is 3. The highest BCUT2D eigenvalue weighted by Gasteiger charge is 2.33. The van der Waals surface area contributed by atoms with Gasteiger partial charge in [0, 0.05) is 15.6 Å². The first-order valence-electron chi connectivity index (χ1n) is 10.6. The van der Waals surface area contributed by atoms with Gasteiger partial charge in [-0.1, -0.05) is 65.7 Å². The van der Waals surface area contributed by atoms with Crippen LogP contribution in [0.25, 0.3) is 5.70 Å². The third-order valence-corrected chi connectivity index (χ3v) is 6.27. The van der Waals surface area contributed by atoms with Crippen LogP contribution in [0.3, 0.4) is 0 Å². The number of rotatable bonds is 7. The Morgan fingerprint density at radius 2 is 1.77 bits per heavy atom. The minimum atomic E-state index is -0.569. The van der Waals surface area contributed by atoms with E-state index < -0.39 is 12.0 Å². The second-order valence-electron chi connectivity index (χ2n) is 7.61. The molecule has 0 spiro atoms. The zero-order chi connectivity index (χ0) is 24.9. The molecular formula is C26H22Cl2N2O4S. The van der Waals surface area contributed by atoms with Crippen LogP contribution in [0.5, 0.6) is 11.5 Å². The molecule has 0 amide bonds. The molecule has 0 saturated carbocycles. The van der Waals surface area contributed by atoms with E-state index in [4.69, 9.17) is 49.6 Å². The number of carbonyl (C=O) groups is 1. The molecule has 2 N–H and O–H groups in total. The molecule has 1 aliphatic heterocycles. The number of hydrogen-bond acceptors (Lipinski definition) is 5. The van der Waals surface area contributed by atoms with Crippen molar-refractivity contribution >= 4 is 52.2 Å². The lowest BCUT2D eigenvalue weighted by molar-refractivity contribution is -0.136. The molecule has 35 heavy (non-hydrogen) atoms. The van der Waals surface area contributed by atoms with Crippen LogP contribution < -0.4 is 20.1 Å². The number of carbonyl (C=O) groups excluding carboxylic acids is 1. The summed E-state index contributed by atoms with van der Waals surface area (Å²) in [5.74, 6) is 0.531. The maximum Gasteiger partial charge on any atom is 0.338 e. The van der Waals surface area contributed by atoms with E-state index in [0.29, 0.717) is 37.9 Å². The van der Waals surface area contributed by atoms with E-state index in [1.807, 2.05) is 42.5 Å². The summed E-state index contributed by atoms with van der Waals surface area (Å²) in [6, 6.07) is 19.6. The summed E-state index contributed by atoms with van der Waals surface area (Å²) in [6.45, 7) is 0.229. The van der Waals surface area contributed by atoms with Crippen molar-refractivity contribution in [2.45, 2.75) is 12.6 Å². The molecule has 0 bridgehead atoms. The van der Waals surface area contributed by atoms with Crippen molar-refractivity contribution in [3.05, 3.63) is 99.0 Å². The fourth-order valence-electron chi connectivity index (χ4n) is 3.75. The fourth-order valence-corrected chi connectivity index (χ4v) is 4.44. The van der Waals surface area contributed by atoms with Crippen LogP contribution in [0.2, 0.25) is 10.0 Å². The van der Waals surface area contributed by atoms with E-state index >= 15 is 0 Å². The van der Waals surface area contributed by atoms with Crippen molar-refractivity contribution in [2.75, 3.05) is 14.2 Å². The van der Waals surface area contributed by atoms with Gasteiger partial charge < -0.3 is 24.8 Å². The van der Waals surface area contributed by atoms with Crippen molar-refractivity contribution < 1.29 is 19.0 Å². The maximum absolute atomic E-state index is 12.9. The van der Waals surface area contributed by atoms with Gasteiger partial charge in [0.05, 0.1) is 31.5 Å². The van der Waals surface area contributed by atoms with Crippen LogP contribution in [-0.4, -0.2) is 25.3 Å². The number of esters is 1. The van der Waals surface area contributed by atoms with E-state index in [1.165, 1.54) is 7.11 Å². The van der Waals surface area contributed by atoms with Crippen molar-refractivity contribution in [2.24, 2.45) is 0 Å². The van der Waals surface area contributed by atoms with E-state index in [0.717, 1.165) is 16.7 Å². The predicted molar refractivity (Wildman–Crippen MR) is 141 cm³/mol.